The number of nitrogens with one attached hydrogen (secondary N) is 1. The molecule has 1 aromatic rings. The minimum atomic E-state index is -0.669. The van der Waals surface area contributed by atoms with Crippen LogP contribution < -0.4 is 11.1 Å². The highest BCUT2D eigenvalue weighted by Gasteiger charge is 2.12. The van der Waals surface area contributed by atoms with E-state index < -0.39 is 6.04 Å². The Bertz CT molecular complexity index is 330. The van der Waals surface area contributed by atoms with Crippen LogP contribution in [0.4, 0.5) is 5.69 Å². The van der Waals surface area contributed by atoms with Gasteiger partial charge in [-0.3, -0.25) is 4.79 Å². The molecule has 14 heavy (non-hydrogen) atoms. The summed E-state index contributed by atoms with van der Waals surface area (Å²) in [5.74, 6) is -0.0758. The maximum absolute atomic E-state index is 11.3. The number of hydrogen-bond donors (Lipinski definition) is 4. The van der Waals surface area contributed by atoms with Crippen LogP contribution in [0.25, 0.3) is 0 Å². The molecular weight excluding hydrogens is 200 g/mol. The van der Waals surface area contributed by atoms with Gasteiger partial charge in [0, 0.05) is 5.75 Å². The molecule has 76 valence electrons. The third-order valence-corrected chi connectivity index (χ3v) is 2.09. The average Bonchev–Trinajstić information content (AvgIpc) is 2.20. The van der Waals surface area contributed by atoms with Crippen LogP contribution in [0.1, 0.15) is 0 Å². The van der Waals surface area contributed by atoms with E-state index in [4.69, 9.17) is 5.73 Å². The van der Waals surface area contributed by atoms with Gasteiger partial charge in [-0.25, -0.2) is 0 Å². The Balaban J connectivity index is 2.70. The molecule has 1 atom stereocenters. The summed E-state index contributed by atoms with van der Waals surface area (Å²) in [6.07, 6.45) is 0. The number of carbonyl (C=O) groups is 1. The Morgan fingerprint density at radius 1 is 1.57 bits per heavy atom. The highest BCUT2D eigenvalue weighted by atomic mass is 32.1. The molecule has 0 unspecified atom stereocenters. The molecular formula is C9H12N2O2S. The minimum Gasteiger partial charge on any atom is -0.506 e. The molecule has 1 amide bonds. The maximum atomic E-state index is 11.3. The molecule has 1 rings (SSSR count). The number of amides is 1. The van der Waals surface area contributed by atoms with Gasteiger partial charge >= 0.3 is 0 Å². The number of carbonyl (C=O) groups excluding carboxylic acids is 1. The van der Waals surface area contributed by atoms with E-state index in [0.717, 1.165) is 0 Å². The number of anilines is 1. The Kier molecular flexibility index (Phi) is 3.79. The largest absolute Gasteiger partial charge is 0.506 e. The zero-order valence-corrected chi connectivity index (χ0v) is 8.37. The van der Waals surface area contributed by atoms with Gasteiger partial charge in [0.25, 0.3) is 0 Å². The number of phenols is 1. The summed E-state index contributed by atoms with van der Waals surface area (Å²) in [5, 5.41) is 11.8. The van der Waals surface area contributed by atoms with Crippen molar-refractivity contribution in [1.82, 2.24) is 0 Å². The normalized spacial score (nSPS) is 12.1. The lowest BCUT2D eigenvalue weighted by atomic mass is 10.2. The first-order valence-electron chi connectivity index (χ1n) is 4.10. The molecule has 4 N–H and O–H groups in total. The minimum absolute atomic E-state index is 0.0206. The van der Waals surface area contributed by atoms with Gasteiger partial charge in [0.2, 0.25) is 5.91 Å². The summed E-state index contributed by atoms with van der Waals surface area (Å²) in [4.78, 5) is 11.3. The van der Waals surface area contributed by atoms with E-state index in [-0.39, 0.29) is 17.4 Å². The molecule has 0 spiro atoms. The summed E-state index contributed by atoms with van der Waals surface area (Å²) < 4.78 is 0. The van der Waals surface area contributed by atoms with Crippen LogP contribution in [0.5, 0.6) is 5.75 Å². The zero-order chi connectivity index (χ0) is 10.6. The molecule has 5 heteroatoms. The monoisotopic (exact) mass is 212 g/mol. The highest BCUT2D eigenvalue weighted by molar-refractivity contribution is 7.80. The van der Waals surface area contributed by atoms with Gasteiger partial charge in [-0.15, -0.1) is 0 Å². The van der Waals surface area contributed by atoms with E-state index >= 15 is 0 Å². The zero-order valence-electron chi connectivity index (χ0n) is 7.47. The second-order valence-electron chi connectivity index (χ2n) is 2.80. The molecule has 0 saturated heterocycles. The lowest BCUT2D eigenvalue weighted by Gasteiger charge is -2.10. The maximum Gasteiger partial charge on any atom is 0.242 e. The second kappa shape index (κ2) is 4.88. The van der Waals surface area contributed by atoms with Gasteiger partial charge in [0.15, 0.2) is 0 Å². The summed E-state index contributed by atoms with van der Waals surface area (Å²) >= 11 is 3.90. The van der Waals surface area contributed by atoms with Crippen LogP contribution in [-0.2, 0) is 4.79 Å². The molecule has 0 aliphatic rings. The Morgan fingerprint density at radius 2 is 2.21 bits per heavy atom. The molecule has 0 saturated carbocycles. The average molecular weight is 212 g/mol. The first-order valence-corrected chi connectivity index (χ1v) is 4.73. The molecule has 4 nitrogen and oxygen atoms in total. The van der Waals surface area contributed by atoms with Crippen molar-refractivity contribution >= 4 is 24.2 Å². The molecule has 0 aliphatic carbocycles. The van der Waals surface area contributed by atoms with E-state index in [1.54, 1.807) is 18.2 Å². The third-order valence-electron chi connectivity index (χ3n) is 1.70. The SMILES string of the molecule is N[C@@H](CS)C(=O)Nc1ccccc1O. The van der Waals surface area contributed by atoms with E-state index in [1.165, 1.54) is 6.07 Å². The van der Waals surface area contributed by atoms with Crippen LogP contribution in [-0.4, -0.2) is 22.8 Å². The number of phenolic OH excluding ortho intramolecular Hbond substituents is 1. The number of para-hydroxylation sites is 2. The van der Waals surface area contributed by atoms with Crippen LogP contribution in [0.3, 0.4) is 0 Å². The van der Waals surface area contributed by atoms with Gasteiger partial charge in [0.1, 0.15) is 5.75 Å². The van der Waals surface area contributed by atoms with E-state index in [1.807, 2.05) is 0 Å². The first-order chi connectivity index (χ1) is 6.65. The van der Waals surface area contributed by atoms with Gasteiger partial charge in [-0.05, 0) is 12.1 Å². The molecule has 0 heterocycles. The highest BCUT2D eigenvalue weighted by Crippen LogP contribution is 2.21. The van der Waals surface area contributed by atoms with Gasteiger partial charge in [-0.2, -0.15) is 12.6 Å². The molecule has 0 radical (unpaired) electrons. The standard InChI is InChI=1S/C9H12N2O2S/c10-6(5-14)9(13)11-7-3-1-2-4-8(7)12/h1-4,6,12,14H,5,10H2,(H,11,13)/t6-/m0/s1. The molecule has 0 aliphatic heterocycles. The van der Waals surface area contributed by atoms with Crippen molar-refractivity contribution in [2.24, 2.45) is 5.73 Å². The van der Waals surface area contributed by atoms with Crippen molar-refractivity contribution in [1.29, 1.82) is 0 Å². The topological polar surface area (TPSA) is 75.4 Å². The van der Waals surface area contributed by atoms with E-state index in [0.29, 0.717) is 5.69 Å². The predicted molar refractivity (Wildman–Crippen MR) is 58.6 cm³/mol. The van der Waals surface area contributed by atoms with Crippen molar-refractivity contribution in [2.75, 3.05) is 11.1 Å². The summed E-state index contributed by atoms with van der Waals surface area (Å²) in [6.45, 7) is 0. The van der Waals surface area contributed by atoms with Gasteiger partial charge in [-0.1, -0.05) is 12.1 Å². The van der Waals surface area contributed by atoms with Gasteiger partial charge in [0.05, 0.1) is 11.7 Å². The summed E-state index contributed by atoms with van der Waals surface area (Å²) in [7, 11) is 0. The first kappa shape index (κ1) is 10.9. The van der Waals surface area contributed by atoms with Crippen LogP contribution in [0.2, 0.25) is 0 Å². The lowest BCUT2D eigenvalue weighted by molar-refractivity contribution is -0.116. The molecule has 0 fully saturated rings. The van der Waals surface area contributed by atoms with Crippen molar-refractivity contribution in [2.45, 2.75) is 6.04 Å². The number of hydrogen-bond acceptors (Lipinski definition) is 4. The molecule has 0 bridgehead atoms. The summed E-state index contributed by atoms with van der Waals surface area (Å²) in [6, 6.07) is 5.80. The number of benzene rings is 1. The second-order valence-corrected chi connectivity index (χ2v) is 3.16. The fourth-order valence-electron chi connectivity index (χ4n) is 0.888. The fourth-order valence-corrected chi connectivity index (χ4v) is 1.05. The smallest absolute Gasteiger partial charge is 0.242 e. The van der Waals surface area contributed by atoms with Crippen LogP contribution in [0, 0.1) is 0 Å². The van der Waals surface area contributed by atoms with E-state index in [9.17, 15) is 9.90 Å². The lowest BCUT2D eigenvalue weighted by Crippen LogP contribution is -2.37. The third kappa shape index (κ3) is 2.65. The number of aromatic hydroxyl groups is 1. The number of rotatable bonds is 3. The quantitative estimate of drug-likeness (QED) is 0.437. The predicted octanol–water partition coefficient (Wildman–Crippen LogP) is 0.588. The van der Waals surface area contributed by atoms with E-state index in [2.05, 4.69) is 17.9 Å². The van der Waals surface area contributed by atoms with Crippen molar-refractivity contribution in [3.05, 3.63) is 24.3 Å². The number of thiol groups is 1. The Morgan fingerprint density at radius 3 is 2.79 bits per heavy atom. The molecule has 1 aromatic carbocycles. The Hall–Kier alpha value is -1.20. The number of nitrogens with two attached hydrogens (primary N) is 1. The fraction of sp³-hybridized carbons (Fsp3) is 0.222. The van der Waals surface area contributed by atoms with Gasteiger partial charge < -0.3 is 16.2 Å². The molecule has 0 aromatic heterocycles. The van der Waals surface area contributed by atoms with Crippen molar-refractivity contribution in [3.8, 4) is 5.75 Å². The summed E-state index contributed by atoms with van der Waals surface area (Å²) in [5.41, 5.74) is 5.80. The Labute approximate surface area is 87.5 Å². The van der Waals surface area contributed by atoms with Crippen molar-refractivity contribution in [3.63, 3.8) is 0 Å². The van der Waals surface area contributed by atoms with Crippen LogP contribution >= 0.6 is 12.6 Å². The van der Waals surface area contributed by atoms with Crippen molar-refractivity contribution < 1.29 is 9.90 Å². The van der Waals surface area contributed by atoms with Crippen LogP contribution in [0.15, 0.2) is 24.3 Å².